The molecule has 0 aromatic heterocycles. The molecule has 1 heterocycles. The lowest BCUT2D eigenvalue weighted by molar-refractivity contribution is 0.317. The Balaban J connectivity index is 1.94. The Kier molecular flexibility index (Phi) is 4.23. The van der Waals surface area contributed by atoms with Gasteiger partial charge in [-0.05, 0) is 46.7 Å². The van der Waals surface area contributed by atoms with Crippen molar-refractivity contribution in [3.05, 3.63) is 28.2 Å². The Morgan fingerprint density at radius 2 is 2.00 bits per heavy atom. The van der Waals surface area contributed by atoms with Gasteiger partial charge < -0.3 is 10.2 Å². The summed E-state index contributed by atoms with van der Waals surface area (Å²) in [6.07, 6.45) is 2.51. The van der Waals surface area contributed by atoms with Crippen LogP contribution in [0.25, 0.3) is 0 Å². The normalized spacial score (nSPS) is 26.5. The fraction of sp³-hybridized carbons (Fsp3) is 0.625. The van der Waals surface area contributed by atoms with Gasteiger partial charge in [0.05, 0.1) is 5.69 Å². The van der Waals surface area contributed by atoms with E-state index in [-0.39, 0.29) is 6.04 Å². The number of hydrogen-bond donors (Lipinski definition) is 1. The van der Waals surface area contributed by atoms with Gasteiger partial charge in [0, 0.05) is 35.7 Å². The first-order valence-electron chi connectivity index (χ1n) is 7.62. The smallest absolute Gasteiger partial charge is 0.150 e. The Morgan fingerprint density at radius 3 is 2.57 bits per heavy atom. The highest BCUT2D eigenvalue weighted by molar-refractivity contribution is 9.10. The number of halogens is 3. The average molecular weight is 359 g/mol. The molecule has 0 radical (unpaired) electrons. The summed E-state index contributed by atoms with van der Waals surface area (Å²) < 4.78 is 28.2. The fourth-order valence-corrected chi connectivity index (χ4v) is 3.91. The van der Waals surface area contributed by atoms with E-state index in [1.54, 1.807) is 0 Å². The minimum absolute atomic E-state index is 0.219. The predicted octanol–water partition coefficient (Wildman–Crippen LogP) is 3.94. The van der Waals surface area contributed by atoms with E-state index in [1.165, 1.54) is 18.9 Å². The van der Waals surface area contributed by atoms with E-state index in [4.69, 9.17) is 0 Å². The second-order valence-corrected chi connectivity index (χ2v) is 7.39. The molecule has 1 aromatic rings. The number of anilines is 1. The maximum absolute atomic E-state index is 14.3. The summed E-state index contributed by atoms with van der Waals surface area (Å²) >= 11 is 3.34. The zero-order valence-corrected chi connectivity index (χ0v) is 14.0. The molecular formula is C16H21BrF2N2. The zero-order valence-electron chi connectivity index (χ0n) is 12.4. The fourth-order valence-electron chi connectivity index (χ4n) is 3.27. The van der Waals surface area contributed by atoms with Crippen LogP contribution in [0.1, 0.15) is 26.7 Å². The number of rotatable bonds is 3. The quantitative estimate of drug-likeness (QED) is 0.880. The van der Waals surface area contributed by atoms with Gasteiger partial charge in [0.15, 0.2) is 5.82 Å². The number of nitrogens with zero attached hydrogens (tertiary/aromatic N) is 1. The molecule has 1 saturated carbocycles. The van der Waals surface area contributed by atoms with Crippen LogP contribution in [0.4, 0.5) is 14.5 Å². The van der Waals surface area contributed by atoms with Crippen LogP contribution in [0.3, 0.4) is 0 Å². The van der Waals surface area contributed by atoms with Gasteiger partial charge in [-0.25, -0.2) is 8.78 Å². The molecule has 21 heavy (non-hydrogen) atoms. The van der Waals surface area contributed by atoms with E-state index in [0.29, 0.717) is 28.0 Å². The van der Waals surface area contributed by atoms with Crippen molar-refractivity contribution >= 4 is 21.6 Å². The number of hydrogen-bond acceptors (Lipinski definition) is 2. The molecule has 116 valence electrons. The van der Waals surface area contributed by atoms with Crippen LogP contribution in [0.2, 0.25) is 0 Å². The molecule has 1 saturated heterocycles. The number of benzene rings is 1. The van der Waals surface area contributed by atoms with E-state index in [1.807, 2.05) is 0 Å². The molecule has 3 rings (SSSR count). The molecule has 5 heteroatoms. The second-order valence-electron chi connectivity index (χ2n) is 6.53. The summed E-state index contributed by atoms with van der Waals surface area (Å²) in [7, 11) is 0. The van der Waals surface area contributed by atoms with Gasteiger partial charge in [0.2, 0.25) is 0 Å². The van der Waals surface area contributed by atoms with Gasteiger partial charge in [0.1, 0.15) is 5.82 Å². The predicted molar refractivity (Wildman–Crippen MR) is 84.5 cm³/mol. The number of piperazine rings is 1. The summed E-state index contributed by atoms with van der Waals surface area (Å²) in [5, 5.41) is 3.61. The van der Waals surface area contributed by atoms with Crippen molar-refractivity contribution in [2.24, 2.45) is 11.8 Å². The Labute approximate surface area is 133 Å². The summed E-state index contributed by atoms with van der Waals surface area (Å²) in [6.45, 7) is 5.93. The minimum Gasteiger partial charge on any atom is -0.362 e. The van der Waals surface area contributed by atoms with Crippen molar-refractivity contribution < 1.29 is 8.78 Å². The van der Waals surface area contributed by atoms with Crippen LogP contribution >= 0.6 is 15.9 Å². The van der Waals surface area contributed by atoms with Crippen molar-refractivity contribution in [2.75, 3.05) is 18.0 Å². The van der Waals surface area contributed by atoms with Gasteiger partial charge in [-0.2, -0.15) is 0 Å². The highest BCUT2D eigenvalue weighted by atomic mass is 79.9. The maximum atomic E-state index is 14.3. The SMILES string of the molecule is CC(C)C1CNC(C2CC2)CN1c1c(F)cc(F)cc1Br. The van der Waals surface area contributed by atoms with E-state index in [0.717, 1.165) is 19.2 Å². The molecule has 1 aliphatic carbocycles. The monoisotopic (exact) mass is 358 g/mol. The lowest BCUT2D eigenvalue weighted by atomic mass is 9.96. The molecule has 0 spiro atoms. The molecule has 1 N–H and O–H groups in total. The summed E-state index contributed by atoms with van der Waals surface area (Å²) in [5.74, 6) is 0.0824. The summed E-state index contributed by atoms with van der Waals surface area (Å²) in [5.41, 5.74) is 0.502. The first kappa shape index (κ1) is 15.2. The third-order valence-electron chi connectivity index (χ3n) is 4.61. The average Bonchev–Trinajstić information content (AvgIpc) is 3.21. The molecule has 2 unspecified atom stereocenters. The molecule has 0 amide bonds. The largest absolute Gasteiger partial charge is 0.362 e. The van der Waals surface area contributed by atoms with Crippen LogP contribution in [0.5, 0.6) is 0 Å². The van der Waals surface area contributed by atoms with Crippen molar-refractivity contribution in [1.29, 1.82) is 0 Å². The third kappa shape index (κ3) is 3.09. The maximum Gasteiger partial charge on any atom is 0.150 e. The van der Waals surface area contributed by atoms with Gasteiger partial charge in [0.25, 0.3) is 0 Å². The standard InChI is InChI=1S/C16H21BrF2N2/c1-9(2)15-7-20-14(10-3-4-10)8-21(15)16-12(17)5-11(18)6-13(16)19/h5-6,9-10,14-15,20H,3-4,7-8H2,1-2H3. The molecule has 0 bridgehead atoms. The summed E-state index contributed by atoms with van der Waals surface area (Å²) in [4.78, 5) is 2.13. The van der Waals surface area contributed by atoms with Gasteiger partial charge in [-0.3, -0.25) is 0 Å². The Bertz CT molecular complexity index is 508. The minimum atomic E-state index is -0.543. The summed E-state index contributed by atoms with van der Waals surface area (Å²) in [6, 6.07) is 2.96. The van der Waals surface area contributed by atoms with E-state index in [2.05, 4.69) is 40.0 Å². The van der Waals surface area contributed by atoms with Gasteiger partial charge in [-0.1, -0.05) is 13.8 Å². The van der Waals surface area contributed by atoms with Crippen LogP contribution in [-0.4, -0.2) is 25.2 Å². The molecule has 1 aliphatic heterocycles. The van der Waals surface area contributed by atoms with Crippen molar-refractivity contribution in [3.63, 3.8) is 0 Å². The molecule has 1 aromatic carbocycles. The molecule has 2 nitrogen and oxygen atoms in total. The van der Waals surface area contributed by atoms with Crippen LogP contribution in [0, 0.1) is 23.5 Å². The third-order valence-corrected chi connectivity index (χ3v) is 5.22. The van der Waals surface area contributed by atoms with Gasteiger partial charge >= 0.3 is 0 Å². The number of nitrogens with one attached hydrogen (secondary N) is 1. The van der Waals surface area contributed by atoms with E-state index < -0.39 is 11.6 Å². The molecular weight excluding hydrogens is 338 g/mol. The van der Waals surface area contributed by atoms with Crippen LogP contribution in [-0.2, 0) is 0 Å². The van der Waals surface area contributed by atoms with E-state index in [9.17, 15) is 8.78 Å². The highest BCUT2D eigenvalue weighted by Crippen LogP contribution is 2.39. The highest BCUT2D eigenvalue weighted by Gasteiger charge is 2.39. The Morgan fingerprint density at radius 1 is 1.29 bits per heavy atom. The first-order valence-corrected chi connectivity index (χ1v) is 8.41. The Hall–Kier alpha value is -0.680. The lowest BCUT2D eigenvalue weighted by Gasteiger charge is -2.44. The molecule has 2 atom stereocenters. The molecule has 2 fully saturated rings. The van der Waals surface area contributed by atoms with Crippen molar-refractivity contribution in [3.8, 4) is 0 Å². The van der Waals surface area contributed by atoms with Crippen molar-refractivity contribution in [2.45, 2.75) is 38.8 Å². The van der Waals surface area contributed by atoms with Crippen molar-refractivity contribution in [1.82, 2.24) is 5.32 Å². The second kappa shape index (κ2) is 5.84. The van der Waals surface area contributed by atoms with Crippen LogP contribution in [0.15, 0.2) is 16.6 Å². The molecule has 2 aliphatic rings. The lowest BCUT2D eigenvalue weighted by Crippen LogP contribution is -2.59. The van der Waals surface area contributed by atoms with E-state index >= 15 is 0 Å². The zero-order chi connectivity index (χ0) is 15.1. The van der Waals surface area contributed by atoms with Crippen LogP contribution < -0.4 is 10.2 Å². The van der Waals surface area contributed by atoms with Gasteiger partial charge in [-0.15, -0.1) is 0 Å². The first-order chi connectivity index (χ1) is 9.97. The topological polar surface area (TPSA) is 15.3 Å².